The van der Waals surface area contributed by atoms with E-state index in [9.17, 15) is 0 Å². The van der Waals surface area contributed by atoms with Crippen LogP contribution >= 0.6 is 11.6 Å². The van der Waals surface area contributed by atoms with Crippen molar-refractivity contribution in [1.82, 2.24) is 0 Å². The van der Waals surface area contributed by atoms with Gasteiger partial charge in [-0.3, -0.25) is 0 Å². The monoisotopic (exact) mass is 186 g/mol. The first-order valence-corrected chi connectivity index (χ1v) is 4.48. The third-order valence-corrected chi connectivity index (χ3v) is 2.43. The van der Waals surface area contributed by atoms with E-state index in [1.54, 1.807) is 0 Å². The number of halogens is 1. The van der Waals surface area contributed by atoms with Crippen molar-refractivity contribution >= 4 is 11.6 Å². The van der Waals surface area contributed by atoms with Crippen molar-refractivity contribution in [2.75, 3.05) is 0 Å². The van der Waals surface area contributed by atoms with Crippen molar-refractivity contribution in [3.63, 3.8) is 0 Å². The molecule has 12 heavy (non-hydrogen) atoms. The summed E-state index contributed by atoms with van der Waals surface area (Å²) in [6.45, 7) is 10.4. The largest absolute Gasteiger partial charge is 0.449 e. The molecule has 0 aromatic carbocycles. The quantitative estimate of drug-likeness (QED) is 0.600. The Balaban J connectivity index is 3.28. The number of furan rings is 1. The summed E-state index contributed by atoms with van der Waals surface area (Å²) in [5.74, 6) is 0.991. The highest BCUT2D eigenvalue weighted by Crippen LogP contribution is 2.33. The fourth-order valence-corrected chi connectivity index (χ4v) is 1.49. The molecule has 0 fully saturated rings. The Morgan fingerprint density at radius 3 is 1.75 bits per heavy atom. The number of hydrogen-bond acceptors (Lipinski definition) is 1. The van der Waals surface area contributed by atoms with Gasteiger partial charge in [-0.2, -0.15) is 0 Å². The van der Waals surface area contributed by atoms with E-state index in [1.165, 1.54) is 5.56 Å². The second kappa shape index (κ2) is 2.81. The SMILES string of the molecule is Cc1c(Cl)oc(C(C)(C)C)c1C. The summed E-state index contributed by atoms with van der Waals surface area (Å²) < 4.78 is 5.47. The molecule has 0 aliphatic carbocycles. The molecule has 0 saturated heterocycles. The third kappa shape index (κ3) is 1.51. The molecule has 1 heterocycles. The lowest BCUT2D eigenvalue weighted by Gasteiger charge is -2.15. The van der Waals surface area contributed by atoms with Crippen LogP contribution in [0.1, 0.15) is 37.7 Å². The van der Waals surface area contributed by atoms with Crippen LogP contribution in [-0.4, -0.2) is 0 Å². The van der Waals surface area contributed by atoms with Crippen molar-refractivity contribution < 1.29 is 4.42 Å². The van der Waals surface area contributed by atoms with E-state index in [2.05, 4.69) is 20.8 Å². The molecule has 2 heteroatoms. The first-order valence-electron chi connectivity index (χ1n) is 4.10. The van der Waals surface area contributed by atoms with Crippen LogP contribution in [0.4, 0.5) is 0 Å². The molecule has 0 aliphatic rings. The first kappa shape index (κ1) is 9.66. The van der Waals surface area contributed by atoms with Gasteiger partial charge in [0.25, 0.3) is 0 Å². The Bertz CT molecular complexity index is 292. The molecule has 0 spiro atoms. The van der Waals surface area contributed by atoms with Crippen molar-refractivity contribution in [3.8, 4) is 0 Å². The van der Waals surface area contributed by atoms with E-state index in [4.69, 9.17) is 16.0 Å². The Labute approximate surface area is 78.7 Å². The van der Waals surface area contributed by atoms with Gasteiger partial charge in [0.05, 0.1) is 0 Å². The topological polar surface area (TPSA) is 13.1 Å². The summed E-state index contributed by atoms with van der Waals surface area (Å²) in [4.78, 5) is 0. The smallest absolute Gasteiger partial charge is 0.196 e. The molecule has 0 amide bonds. The van der Waals surface area contributed by atoms with Gasteiger partial charge in [-0.1, -0.05) is 20.8 Å². The van der Waals surface area contributed by atoms with Gasteiger partial charge in [0.15, 0.2) is 5.22 Å². The van der Waals surface area contributed by atoms with E-state index < -0.39 is 0 Å². The van der Waals surface area contributed by atoms with Crippen molar-refractivity contribution in [2.24, 2.45) is 0 Å². The van der Waals surface area contributed by atoms with E-state index >= 15 is 0 Å². The van der Waals surface area contributed by atoms with Crippen molar-refractivity contribution in [1.29, 1.82) is 0 Å². The Morgan fingerprint density at radius 2 is 1.58 bits per heavy atom. The Hall–Kier alpha value is -0.430. The van der Waals surface area contributed by atoms with Gasteiger partial charge in [0.1, 0.15) is 5.76 Å². The minimum Gasteiger partial charge on any atom is -0.449 e. The maximum atomic E-state index is 5.87. The van der Waals surface area contributed by atoms with Crippen LogP contribution in [0.5, 0.6) is 0 Å². The van der Waals surface area contributed by atoms with E-state index in [1.807, 2.05) is 13.8 Å². The molecule has 0 aliphatic heterocycles. The number of rotatable bonds is 0. The normalized spacial score (nSPS) is 12.2. The van der Waals surface area contributed by atoms with Gasteiger partial charge in [0.2, 0.25) is 0 Å². The minimum absolute atomic E-state index is 0.0436. The molecule has 0 N–H and O–H groups in total. The highest BCUT2D eigenvalue weighted by atomic mass is 35.5. The molecule has 1 nitrogen and oxygen atoms in total. The van der Waals surface area contributed by atoms with Gasteiger partial charge in [-0.15, -0.1) is 0 Å². The summed E-state index contributed by atoms with van der Waals surface area (Å²) in [5.41, 5.74) is 2.27. The van der Waals surface area contributed by atoms with Gasteiger partial charge in [-0.25, -0.2) is 0 Å². The fourth-order valence-electron chi connectivity index (χ4n) is 1.28. The summed E-state index contributed by atoms with van der Waals surface area (Å²) in [7, 11) is 0. The molecule has 1 rings (SSSR count). The van der Waals surface area contributed by atoms with Crippen LogP contribution in [0, 0.1) is 13.8 Å². The van der Waals surface area contributed by atoms with Gasteiger partial charge in [0, 0.05) is 11.0 Å². The lowest BCUT2D eigenvalue weighted by atomic mass is 9.90. The fraction of sp³-hybridized carbons (Fsp3) is 0.600. The average molecular weight is 187 g/mol. The molecule has 68 valence electrons. The maximum absolute atomic E-state index is 5.87. The van der Waals surface area contributed by atoms with Crippen LogP contribution < -0.4 is 0 Å². The predicted octanol–water partition coefficient (Wildman–Crippen LogP) is 3.85. The van der Waals surface area contributed by atoms with Gasteiger partial charge < -0.3 is 4.42 Å². The van der Waals surface area contributed by atoms with E-state index in [0.29, 0.717) is 5.22 Å². The second-order valence-electron chi connectivity index (χ2n) is 4.20. The van der Waals surface area contributed by atoms with Crippen LogP contribution in [0.15, 0.2) is 4.42 Å². The molecule has 0 atom stereocenters. The predicted molar refractivity (Wildman–Crippen MR) is 51.9 cm³/mol. The molecule has 0 saturated carbocycles. The molecule has 0 radical (unpaired) electrons. The molecule has 0 bridgehead atoms. The van der Waals surface area contributed by atoms with E-state index in [-0.39, 0.29) is 5.41 Å². The van der Waals surface area contributed by atoms with Crippen LogP contribution in [-0.2, 0) is 5.41 Å². The van der Waals surface area contributed by atoms with Gasteiger partial charge >= 0.3 is 0 Å². The van der Waals surface area contributed by atoms with Crippen molar-refractivity contribution in [3.05, 3.63) is 22.1 Å². The van der Waals surface area contributed by atoms with Gasteiger partial charge in [-0.05, 0) is 31.0 Å². The minimum atomic E-state index is 0.0436. The summed E-state index contributed by atoms with van der Waals surface area (Å²) in [5, 5.41) is 0.525. The highest BCUT2D eigenvalue weighted by molar-refractivity contribution is 6.29. The zero-order valence-electron chi connectivity index (χ0n) is 8.29. The zero-order valence-corrected chi connectivity index (χ0v) is 9.04. The second-order valence-corrected chi connectivity index (χ2v) is 4.55. The number of hydrogen-bond donors (Lipinski definition) is 0. The highest BCUT2D eigenvalue weighted by Gasteiger charge is 2.23. The summed E-state index contributed by atoms with van der Waals surface area (Å²) >= 11 is 5.87. The lowest BCUT2D eigenvalue weighted by Crippen LogP contribution is -2.11. The van der Waals surface area contributed by atoms with Crippen LogP contribution in [0.2, 0.25) is 5.22 Å². The third-order valence-electron chi connectivity index (χ3n) is 2.07. The Morgan fingerprint density at radius 1 is 1.08 bits per heavy atom. The van der Waals surface area contributed by atoms with Crippen molar-refractivity contribution in [2.45, 2.75) is 40.0 Å². The summed E-state index contributed by atoms with van der Waals surface area (Å²) in [6, 6.07) is 0. The molecule has 1 aromatic rings. The summed E-state index contributed by atoms with van der Waals surface area (Å²) in [6.07, 6.45) is 0. The molecular formula is C10H15ClO. The molecule has 1 aromatic heterocycles. The maximum Gasteiger partial charge on any atom is 0.196 e. The Kier molecular flexibility index (Phi) is 2.26. The molecule has 0 unspecified atom stereocenters. The average Bonchev–Trinajstić information content (AvgIpc) is 2.15. The van der Waals surface area contributed by atoms with Crippen LogP contribution in [0.25, 0.3) is 0 Å². The first-order chi connectivity index (χ1) is 5.34. The zero-order chi connectivity index (χ0) is 9.52. The standard InChI is InChI=1S/C10H15ClO/c1-6-7(2)9(11)12-8(6)10(3,4)5/h1-5H3. The van der Waals surface area contributed by atoms with E-state index in [0.717, 1.165) is 11.3 Å². The van der Waals surface area contributed by atoms with Crippen LogP contribution in [0.3, 0.4) is 0 Å². The lowest BCUT2D eigenvalue weighted by molar-refractivity contribution is 0.407. The molecular weight excluding hydrogens is 172 g/mol.